The molecule has 0 amide bonds. The van der Waals surface area contributed by atoms with Crippen molar-refractivity contribution in [3.8, 4) is 0 Å². The Hall–Kier alpha value is -1.12. The van der Waals surface area contributed by atoms with Gasteiger partial charge in [-0.25, -0.2) is 4.89 Å². The lowest BCUT2D eigenvalue weighted by Crippen LogP contribution is -2.10. The van der Waals surface area contributed by atoms with Gasteiger partial charge in [-0.1, -0.05) is 24.3 Å². The van der Waals surface area contributed by atoms with Gasteiger partial charge in [0.2, 0.25) is 0 Å². The van der Waals surface area contributed by atoms with Gasteiger partial charge in [0.15, 0.2) is 0 Å². The van der Waals surface area contributed by atoms with E-state index in [1.807, 2.05) is 19.1 Å². The molecule has 0 atom stereocenters. The van der Waals surface area contributed by atoms with E-state index in [0.29, 0.717) is 6.61 Å². The zero-order chi connectivity index (χ0) is 9.26. The third kappa shape index (κ3) is 1.39. The summed E-state index contributed by atoms with van der Waals surface area (Å²) in [5.74, 6) is 0. The van der Waals surface area contributed by atoms with Gasteiger partial charge in [-0.05, 0) is 35.6 Å². The summed E-state index contributed by atoms with van der Waals surface area (Å²) in [5.41, 5.74) is 5.11. The fraction of sp³-hybridized carbons (Fsp3) is 0.273. The van der Waals surface area contributed by atoms with Crippen molar-refractivity contribution >= 4 is 5.57 Å². The molecular formula is C11H12O2. The third-order valence-corrected chi connectivity index (χ3v) is 2.51. The molecule has 1 aliphatic rings. The highest BCUT2D eigenvalue weighted by atomic mass is 17.1. The van der Waals surface area contributed by atoms with E-state index in [0.717, 1.165) is 12.0 Å². The molecule has 2 heteroatoms. The molecule has 0 saturated heterocycles. The zero-order valence-electron chi connectivity index (χ0n) is 7.58. The van der Waals surface area contributed by atoms with Gasteiger partial charge in [-0.15, -0.1) is 0 Å². The molecule has 0 fully saturated rings. The molecule has 2 nitrogen and oxygen atoms in total. The first-order valence-corrected chi connectivity index (χ1v) is 4.36. The van der Waals surface area contributed by atoms with Crippen LogP contribution in [0.4, 0.5) is 0 Å². The molecule has 68 valence electrons. The van der Waals surface area contributed by atoms with E-state index in [1.165, 1.54) is 16.7 Å². The van der Waals surface area contributed by atoms with Crippen LogP contribution in [0.5, 0.6) is 0 Å². The summed E-state index contributed by atoms with van der Waals surface area (Å²) in [4.78, 5) is 4.12. The van der Waals surface area contributed by atoms with Crippen LogP contribution in [0.25, 0.3) is 5.57 Å². The standard InChI is InChI=1S/C11H12O2/c1-8(7-13-12)11-6-9-4-2-3-5-10(9)11/h2-5,12H,6-7H2,1H3/b11-8+. The van der Waals surface area contributed by atoms with Crippen LogP contribution in [0.1, 0.15) is 18.1 Å². The maximum atomic E-state index is 8.32. The lowest BCUT2D eigenvalue weighted by molar-refractivity contribution is -0.233. The molecule has 1 N–H and O–H groups in total. The first-order valence-electron chi connectivity index (χ1n) is 4.36. The van der Waals surface area contributed by atoms with E-state index in [-0.39, 0.29) is 0 Å². The Kier molecular flexibility index (Phi) is 2.17. The van der Waals surface area contributed by atoms with Crippen molar-refractivity contribution in [3.05, 3.63) is 41.0 Å². The van der Waals surface area contributed by atoms with Crippen LogP contribution in [-0.2, 0) is 11.3 Å². The van der Waals surface area contributed by atoms with Gasteiger partial charge in [0.25, 0.3) is 0 Å². The van der Waals surface area contributed by atoms with Crippen molar-refractivity contribution in [2.45, 2.75) is 13.3 Å². The molecule has 1 aromatic rings. The van der Waals surface area contributed by atoms with Crippen LogP contribution in [-0.4, -0.2) is 11.9 Å². The molecular weight excluding hydrogens is 164 g/mol. The summed E-state index contributed by atoms with van der Waals surface area (Å²) in [6, 6.07) is 8.32. The summed E-state index contributed by atoms with van der Waals surface area (Å²) in [7, 11) is 0. The Morgan fingerprint density at radius 1 is 1.46 bits per heavy atom. The smallest absolute Gasteiger partial charge is 0.103 e. The number of benzene rings is 1. The summed E-state index contributed by atoms with van der Waals surface area (Å²) in [5, 5.41) is 8.32. The van der Waals surface area contributed by atoms with Crippen molar-refractivity contribution in [2.24, 2.45) is 0 Å². The average Bonchev–Trinajstić information content (AvgIpc) is 2.07. The number of hydrogen-bond donors (Lipinski definition) is 1. The van der Waals surface area contributed by atoms with Crippen molar-refractivity contribution in [2.75, 3.05) is 6.61 Å². The Balaban J connectivity index is 2.30. The predicted molar refractivity (Wildman–Crippen MR) is 51.3 cm³/mol. The molecule has 0 aromatic heterocycles. The Morgan fingerprint density at radius 3 is 2.92 bits per heavy atom. The van der Waals surface area contributed by atoms with Gasteiger partial charge < -0.3 is 0 Å². The van der Waals surface area contributed by atoms with Crippen LogP contribution < -0.4 is 0 Å². The average molecular weight is 176 g/mol. The minimum atomic E-state index is 0.309. The molecule has 0 saturated carbocycles. The molecule has 2 rings (SSSR count). The SMILES string of the molecule is C/C(COO)=C1/Cc2ccccc21. The molecule has 0 unspecified atom stereocenters. The Bertz CT molecular complexity index is 353. The normalized spacial score (nSPS) is 17.7. The van der Waals surface area contributed by atoms with E-state index >= 15 is 0 Å². The molecule has 1 aliphatic carbocycles. The van der Waals surface area contributed by atoms with E-state index in [4.69, 9.17) is 5.26 Å². The predicted octanol–water partition coefficient (Wildman–Crippen LogP) is 2.51. The Labute approximate surface area is 77.4 Å². The molecule has 0 radical (unpaired) electrons. The highest BCUT2D eigenvalue weighted by Gasteiger charge is 2.20. The maximum Gasteiger partial charge on any atom is 0.103 e. The van der Waals surface area contributed by atoms with Crippen LogP contribution in [0, 0.1) is 0 Å². The quantitative estimate of drug-likeness (QED) is 0.554. The van der Waals surface area contributed by atoms with Crippen molar-refractivity contribution in [3.63, 3.8) is 0 Å². The fourth-order valence-corrected chi connectivity index (χ4v) is 1.71. The van der Waals surface area contributed by atoms with Gasteiger partial charge in [0, 0.05) is 0 Å². The van der Waals surface area contributed by atoms with Crippen LogP contribution in [0.2, 0.25) is 0 Å². The lowest BCUT2D eigenvalue weighted by atomic mass is 9.81. The largest absolute Gasteiger partial charge is 0.251 e. The third-order valence-electron chi connectivity index (χ3n) is 2.51. The highest BCUT2D eigenvalue weighted by Crippen LogP contribution is 2.35. The molecule has 0 spiro atoms. The highest BCUT2D eigenvalue weighted by molar-refractivity contribution is 5.81. The number of hydrogen-bond acceptors (Lipinski definition) is 2. The van der Waals surface area contributed by atoms with E-state index in [2.05, 4.69) is 17.0 Å². The summed E-state index contributed by atoms with van der Waals surface area (Å²) in [6.45, 7) is 2.30. The minimum Gasteiger partial charge on any atom is -0.251 e. The molecule has 0 aliphatic heterocycles. The van der Waals surface area contributed by atoms with Gasteiger partial charge in [0.05, 0.1) is 0 Å². The number of fused-ring (bicyclic) bond motifs is 1. The van der Waals surface area contributed by atoms with Gasteiger partial charge in [-0.3, -0.25) is 5.26 Å². The maximum absolute atomic E-state index is 8.32. The topological polar surface area (TPSA) is 29.5 Å². The van der Waals surface area contributed by atoms with Crippen LogP contribution in [0.3, 0.4) is 0 Å². The second kappa shape index (κ2) is 3.32. The second-order valence-corrected chi connectivity index (χ2v) is 3.37. The summed E-state index contributed by atoms with van der Waals surface area (Å²) < 4.78 is 0. The Morgan fingerprint density at radius 2 is 2.23 bits per heavy atom. The van der Waals surface area contributed by atoms with E-state index < -0.39 is 0 Å². The lowest BCUT2D eigenvalue weighted by Gasteiger charge is -2.24. The number of rotatable bonds is 2. The molecule has 0 heterocycles. The summed E-state index contributed by atoms with van der Waals surface area (Å²) in [6.07, 6.45) is 1.01. The summed E-state index contributed by atoms with van der Waals surface area (Å²) >= 11 is 0. The van der Waals surface area contributed by atoms with Crippen molar-refractivity contribution in [1.82, 2.24) is 0 Å². The van der Waals surface area contributed by atoms with Gasteiger partial charge in [0.1, 0.15) is 6.61 Å². The minimum absolute atomic E-state index is 0.309. The van der Waals surface area contributed by atoms with Crippen LogP contribution >= 0.6 is 0 Å². The fourth-order valence-electron chi connectivity index (χ4n) is 1.71. The number of allylic oxidation sites excluding steroid dienone is 1. The van der Waals surface area contributed by atoms with Crippen LogP contribution in [0.15, 0.2) is 29.8 Å². The monoisotopic (exact) mass is 176 g/mol. The molecule has 13 heavy (non-hydrogen) atoms. The zero-order valence-corrected chi connectivity index (χ0v) is 7.58. The molecule has 1 aromatic carbocycles. The first kappa shape index (κ1) is 8.48. The van der Waals surface area contributed by atoms with E-state index in [9.17, 15) is 0 Å². The first-order chi connectivity index (χ1) is 6.33. The molecule has 0 bridgehead atoms. The second-order valence-electron chi connectivity index (χ2n) is 3.37. The van der Waals surface area contributed by atoms with Crippen molar-refractivity contribution < 1.29 is 10.1 Å². The van der Waals surface area contributed by atoms with E-state index in [1.54, 1.807) is 0 Å². The van der Waals surface area contributed by atoms with Gasteiger partial charge in [-0.2, -0.15) is 0 Å². The van der Waals surface area contributed by atoms with Gasteiger partial charge >= 0.3 is 0 Å². The van der Waals surface area contributed by atoms with Crippen molar-refractivity contribution in [1.29, 1.82) is 0 Å².